The lowest BCUT2D eigenvalue weighted by atomic mass is 10.1. The van der Waals surface area contributed by atoms with Gasteiger partial charge < -0.3 is 4.74 Å². The van der Waals surface area contributed by atoms with Gasteiger partial charge in [-0.2, -0.15) is 0 Å². The van der Waals surface area contributed by atoms with E-state index >= 15 is 0 Å². The molecule has 0 aromatic rings. The molecule has 1 heterocycles. The summed E-state index contributed by atoms with van der Waals surface area (Å²) in [5.41, 5.74) is 0. The van der Waals surface area contributed by atoms with E-state index in [1.807, 2.05) is 0 Å². The fraction of sp³-hybridized carbons (Fsp3) is 0.739. The number of hydrogen-bond acceptors (Lipinski definition) is 3. The first-order valence-electron chi connectivity index (χ1n) is 11.0. The highest BCUT2D eigenvalue weighted by Gasteiger charge is 2.27. The number of imide groups is 1. The fourth-order valence-corrected chi connectivity index (χ4v) is 3.17. The van der Waals surface area contributed by atoms with E-state index < -0.39 is 6.09 Å². The molecule has 1 aliphatic heterocycles. The molecule has 1 aliphatic rings. The molecular weight excluding hydrogens is 338 g/mol. The van der Waals surface area contributed by atoms with E-state index in [4.69, 9.17) is 4.74 Å². The molecule has 0 aliphatic carbocycles. The Bertz CT molecular complexity index is 457. The lowest BCUT2D eigenvalue weighted by molar-refractivity contribution is -0.126. The van der Waals surface area contributed by atoms with Crippen LogP contribution in [0, 0.1) is 0 Å². The zero-order valence-corrected chi connectivity index (χ0v) is 17.3. The number of ether oxygens (including phenoxy) is 1. The molecule has 0 spiro atoms. The molecule has 4 heteroatoms. The summed E-state index contributed by atoms with van der Waals surface area (Å²) in [4.78, 5) is 24.3. The SMILES string of the molecule is CCCCC/C=C\C/C=C\CCCCCCCCOC(=O)N1CCCC1=O. The fourth-order valence-electron chi connectivity index (χ4n) is 3.17. The monoisotopic (exact) mass is 377 g/mol. The van der Waals surface area contributed by atoms with E-state index in [0.717, 1.165) is 25.7 Å². The van der Waals surface area contributed by atoms with Crippen LogP contribution in [0.15, 0.2) is 24.3 Å². The second-order valence-electron chi connectivity index (χ2n) is 7.35. The number of carbonyl (C=O) groups excluding carboxylic acids is 2. The minimum atomic E-state index is -0.458. The van der Waals surface area contributed by atoms with Crippen LogP contribution < -0.4 is 0 Å². The molecule has 0 unspecified atom stereocenters. The van der Waals surface area contributed by atoms with Crippen molar-refractivity contribution in [2.75, 3.05) is 13.2 Å². The third-order valence-electron chi connectivity index (χ3n) is 4.86. The summed E-state index contributed by atoms with van der Waals surface area (Å²) in [5.74, 6) is -0.1000. The van der Waals surface area contributed by atoms with Crippen LogP contribution in [0.2, 0.25) is 0 Å². The number of likely N-dealkylation sites (tertiary alicyclic amines) is 1. The molecule has 2 amide bonds. The highest BCUT2D eigenvalue weighted by Crippen LogP contribution is 2.12. The van der Waals surface area contributed by atoms with Gasteiger partial charge in [-0.05, 0) is 44.9 Å². The van der Waals surface area contributed by atoms with E-state index in [1.54, 1.807) is 0 Å². The Morgan fingerprint density at radius 2 is 1.56 bits per heavy atom. The second-order valence-corrected chi connectivity index (χ2v) is 7.35. The summed E-state index contributed by atoms with van der Waals surface area (Å²) in [5, 5.41) is 0. The van der Waals surface area contributed by atoms with Gasteiger partial charge in [0.05, 0.1) is 6.61 Å². The second kappa shape index (κ2) is 16.6. The maximum absolute atomic E-state index is 11.7. The molecule has 1 rings (SSSR count). The number of unbranched alkanes of at least 4 members (excludes halogenated alkanes) is 9. The van der Waals surface area contributed by atoms with Crippen molar-refractivity contribution in [3.05, 3.63) is 24.3 Å². The molecule has 154 valence electrons. The Balaban J connectivity index is 1.82. The van der Waals surface area contributed by atoms with Gasteiger partial charge in [-0.25, -0.2) is 9.69 Å². The van der Waals surface area contributed by atoms with Crippen molar-refractivity contribution in [2.45, 2.75) is 96.8 Å². The first kappa shape index (κ1) is 23.5. The normalized spacial score (nSPS) is 14.7. The maximum atomic E-state index is 11.7. The number of rotatable bonds is 15. The maximum Gasteiger partial charge on any atom is 0.416 e. The average Bonchev–Trinajstić information content (AvgIpc) is 3.10. The minimum absolute atomic E-state index is 0.1000. The average molecular weight is 378 g/mol. The third kappa shape index (κ3) is 12.4. The molecule has 0 radical (unpaired) electrons. The Morgan fingerprint density at radius 1 is 0.926 bits per heavy atom. The Kier molecular flexibility index (Phi) is 14.4. The van der Waals surface area contributed by atoms with Gasteiger partial charge in [-0.15, -0.1) is 0 Å². The van der Waals surface area contributed by atoms with Gasteiger partial charge >= 0.3 is 6.09 Å². The van der Waals surface area contributed by atoms with Crippen molar-refractivity contribution in [3.63, 3.8) is 0 Å². The smallest absolute Gasteiger partial charge is 0.416 e. The largest absolute Gasteiger partial charge is 0.449 e. The van der Waals surface area contributed by atoms with Crippen molar-refractivity contribution in [1.82, 2.24) is 4.90 Å². The lowest BCUT2D eigenvalue weighted by Gasteiger charge is -2.13. The molecule has 1 saturated heterocycles. The van der Waals surface area contributed by atoms with Crippen LogP contribution in [-0.4, -0.2) is 30.1 Å². The van der Waals surface area contributed by atoms with E-state index in [9.17, 15) is 9.59 Å². The lowest BCUT2D eigenvalue weighted by Crippen LogP contribution is -2.32. The van der Waals surface area contributed by atoms with Gasteiger partial charge in [-0.1, -0.05) is 69.8 Å². The number of allylic oxidation sites excluding steroid dienone is 4. The van der Waals surface area contributed by atoms with Gasteiger partial charge in [0, 0.05) is 13.0 Å². The molecule has 0 atom stereocenters. The summed E-state index contributed by atoms with van der Waals surface area (Å²) in [7, 11) is 0. The van der Waals surface area contributed by atoms with Gasteiger partial charge in [-0.3, -0.25) is 4.79 Å². The first-order chi connectivity index (χ1) is 13.3. The summed E-state index contributed by atoms with van der Waals surface area (Å²) >= 11 is 0. The number of amides is 2. The van der Waals surface area contributed by atoms with Crippen LogP contribution in [0.5, 0.6) is 0 Å². The van der Waals surface area contributed by atoms with Crippen LogP contribution in [0.3, 0.4) is 0 Å². The Hall–Kier alpha value is -1.58. The van der Waals surface area contributed by atoms with Crippen molar-refractivity contribution in [1.29, 1.82) is 0 Å². The van der Waals surface area contributed by atoms with Crippen LogP contribution in [0.25, 0.3) is 0 Å². The third-order valence-corrected chi connectivity index (χ3v) is 4.86. The van der Waals surface area contributed by atoms with E-state index in [2.05, 4.69) is 31.2 Å². The topological polar surface area (TPSA) is 46.6 Å². The van der Waals surface area contributed by atoms with Crippen LogP contribution in [0.1, 0.15) is 96.8 Å². The van der Waals surface area contributed by atoms with E-state index in [-0.39, 0.29) is 5.91 Å². The van der Waals surface area contributed by atoms with Crippen LogP contribution in [0.4, 0.5) is 4.79 Å². The van der Waals surface area contributed by atoms with Crippen molar-refractivity contribution in [3.8, 4) is 0 Å². The molecule has 0 N–H and O–H groups in total. The predicted molar refractivity (Wildman–Crippen MR) is 112 cm³/mol. The van der Waals surface area contributed by atoms with E-state index in [0.29, 0.717) is 19.6 Å². The van der Waals surface area contributed by atoms with Gasteiger partial charge in [0.1, 0.15) is 0 Å². The number of carbonyl (C=O) groups is 2. The standard InChI is InChI=1S/C23H39NO3/c1-2-3-4-5-6-7-8-9-10-11-12-13-14-15-16-17-21-27-23(26)24-20-18-19-22(24)25/h6-7,9-10H,2-5,8,11-21H2,1H3/b7-6-,10-9-. The van der Waals surface area contributed by atoms with Gasteiger partial charge in [0.25, 0.3) is 0 Å². The summed E-state index contributed by atoms with van der Waals surface area (Å²) in [6.45, 7) is 3.18. The molecule has 1 fully saturated rings. The molecule has 0 aromatic carbocycles. The summed E-state index contributed by atoms with van der Waals surface area (Å²) in [6, 6.07) is 0. The zero-order valence-electron chi connectivity index (χ0n) is 17.3. The van der Waals surface area contributed by atoms with Crippen molar-refractivity contribution >= 4 is 12.0 Å². The highest BCUT2D eigenvalue weighted by atomic mass is 16.6. The summed E-state index contributed by atoms with van der Waals surface area (Å²) < 4.78 is 5.17. The van der Waals surface area contributed by atoms with Crippen molar-refractivity contribution in [2.24, 2.45) is 0 Å². The Morgan fingerprint density at radius 3 is 2.19 bits per heavy atom. The molecule has 0 aromatic heterocycles. The highest BCUT2D eigenvalue weighted by molar-refractivity contribution is 5.93. The molecule has 27 heavy (non-hydrogen) atoms. The van der Waals surface area contributed by atoms with Gasteiger partial charge in [0.15, 0.2) is 0 Å². The zero-order chi connectivity index (χ0) is 19.6. The summed E-state index contributed by atoms with van der Waals surface area (Å²) in [6.07, 6.45) is 24.2. The minimum Gasteiger partial charge on any atom is -0.449 e. The van der Waals surface area contributed by atoms with E-state index in [1.165, 1.54) is 62.7 Å². The Labute approximate surface area is 166 Å². The van der Waals surface area contributed by atoms with Crippen LogP contribution in [-0.2, 0) is 9.53 Å². The number of hydrogen-bond donors (Lipinski definition) is 0. The van der Waals surface area contributed by atoms with Crippen LogP contribution >= 0.6 is 0 Å². The molecule has 0 saturated carbocycles. The van der Waals surface area contributed by atoms with Crippen molar-refractivity contribution < 1.29 is 14.3 Å². The quantitative estimate of drug-likeness (QED) is 0.240. The molecule has 0 bridgehead atoms. The first-order valence-corrected chi connectivity index (χ1v) is 11.0. The molecule has 4 nitrogen and oxygen atoms in total. The number of nitrogens with zero attached hydrogens (tertiary/aromatic N) is 1. The van der Waals surface area contributed by atoms with Gasteiger partial charge in [0.2, 0.25) is 5.91 Å². The molecular formula is C23H39NO3. The predicted octanol–water partition coefficient (Wildman–Crippen LogP) is 6.56.